The molecule has 1 unspecified atom stereocenters. The second kappa shape index (κ2) is 5.10. The minimum atomic E-state index is -1.32. The Kier molecular flexibility index (Phi) is 3.27. The molecule has 0 aromatic heterocycles. The number of phenolic OH excluding ortho intramolecular Hbond substituents is 1. The van der Waals surface area contributed by atoms with Crippen molar-refractivity contribution in [3.05, 3.63) is 53.6 Å². The van der Waals surface area contributed by atoms with Crippen LogP contribution in [0, 0.1) is 0 Å². The molecule has 5 nitrogen and oxygen atoms in total. The summed E-state index contributed by atoms with van der Waals surface area (Å²) in [7, 11) is 1.39. The van der Waals surface area contributed by atoms with Gasteiger partial charge in [-0.15, -0.1) is 0 Å². The third kappa shape index (κ3) is 2.21. The maximum absolute atomic E-state index is 12.4. The molecule has 0 radical (unpaired) electrons. The van der Waals surface area contributed by atoms with Gasteiger partial charge in [0.05, 0.1) is 7.11 Å². The van der Waals surface area contributed by atoms with Crippen LogP contribution in [0.3, 0.4) is 0 Å². The van der Waals surface area contributed by atoms with E-state index >= 15 is 0 Å². The molecule has 108 valence electrons. The van der Waals surface area contributed by atoms with E-state index in [9.17, 15) is 15.0 Å². The fourth-order valence-corrected chi connectivity index (χ4v) is 2.45. The topological polar surface area (TPSA) is 76.0 Å². The number of phenols is 1. The molecule has 0 spiro atoms. The molecule has 0 saturated carbocycles. The zero-order valence-corrected chi connectivity index (χ0v) is 11.3. The minimum Gasteiger partial charge on any atom is -0.508 e. The fourth-order valence-electron chi connectivity index (χ4n) is 2.45. The number of Topliss-reactive ketones (excluding diaryl/α,β-unsaturated/α-hetero) is 1. The number of rotatable bonds is 2. The Morgan fingerprint density at radius 3 is 2.57 bits per heavy atom. The average molecular weight is 286 g/mol. The number of aliphatic hydroxyl groups excluding tert-OH is 1. The van der Waals surface area contributed by atoms with Crippen LogP contribution in [0.4, 0.5) is 0 Å². The van der Waals surface area contributed by atoms with Gasteiger partial charge in [0, 0.05) is 12.1 Å². The smallest absolute Gasteiger partial charge is 0.202 e. The van der Waals surface area contributed by atoms with Crippen LogP contribution in [-0.4, -0.2) is 29.2 Å². The first-order valence-electron chi connectivity index (χ1n) is 6.46. The first-order chi connectivity index (χ1) is 10.1. The lowest BCUT2D eigenvalue weighted by atomic mass is 9.93. The molecule has 21 heavy (non-hydrogen) atoms. The maximum atomic E-state index is 12.4. The van der Waals surface area contributed by atoms with Crippen molar-refractivity contribution in [1.82, 2.24) is 0 Å². The number of carbonyl (C=O) groups is 1. The normalized spacial score (nSPS) is 20.6. The number of fused-ring (bicyclic) bond motifs is 1. The van der Waals surface area contributed by atoms with E-state index in [4.69, 9.17) is 9.47 Å². The van der Waals surface area contributed by atoms with Crippen LogP contribution in [0.2, 0.25) is 0 Å². The number of aliphatic hydroxyl groups is 1. The van der Waals surface area contributed by atoms with Gasteiger partial charge in [-0.05, 0) is 5.56 Å². The predicted molar refractivity (Wildman–Crippen MR) is 74.8 cm³/mol. The van der Waals surface area contributed by atoms with Crippen molar-refractivity contribution < 1.29 is 24.5 Å². The van der Waals surface area contributed by atoms with Crippen molar-refractivity contribution in [2.45, 2.75) is 12.2 Å². The minimum absolute atomic E-state index is 0.0680. The summed E-state index contributed by atoms with van der Waals surface area (Å²) in [6.45, 7) is 0. The first-order valence-corrected chi connectivity index (χ1v) is 6.46. The van der Waals surface area contributed by atoms with E-state index in [1.807, 2.05) is 6.07 Å². The number of aromatic hydroxyl groups is 1. The van der Waals surface area contributed by atoms with Crippen LogP contribution in [0.25, 0.3) is 0 Å². The number of methoxy groups -OCH3 is 1. The molecular formula is C16H14O5. The van der Waals surface area contributed by atoms with E-state index in [1.165, 1.54) is 19.2 Å². The standard InChI is InChI=1S/C16H14O5/c1-20-11-7-10(17)8-12-13(11)14(18)15(19)16(21-12)9-5-3-2-4-6-9/h2-8,15-17,19H,1H3/t15-,16?/m0/s1. The van der Waals surface area contributed by atoms with Crippen molar-refractivity contribution in [3.8, 4) is 17.2 Å². The van der Waals surface area contributed by atoms with E-state index in [0.717, 1.165) is 0 Å². The summed E-state index contributed by atoms with van der Waals surface area (Å²) in [6.07, 6.45) is -2.13. The molecule has 0 bridgehead atoms. The van der Waals surface area contributed by atoms with Gasteiger partial charge in [0.15, 0.2) is 12.2 Å². The van der Waals surface area contributed by atoms with Crippen LogP contribution < -0.4 is 9.47 Å². The molecule has 2 atom stereocenters. The monoisotopic (exact) mass is 286 g/mol. The van der Waals surface area contributed by atoms with E-state index in [0.29, 0.717) is 5.56 Å². The van der Waals surface area contributed by atoms with Gasteiger partial charge >= 0.3 is 0 Å². The van der Waals surface area contributed by atoms with Gasteiger partial charge in [-0.1, -0.05) is 30.3 Å². The number of ketones is 1. The molecule has 2 aromatic rings. The highest BCUT2D eigenvalue weighted by atomic mass is 16.5. The molecule has 1 aliphatic heterocycles. The molecule has 3 rings (SSSR count). The lowest BCUT2D eigenvalue weighted by molar-refractivity contribution is 0.0210. The van der Waals surface area contributed by atoms with Crippen LogP contribution in [0.5, 0.6) is 17.2 Å². The second-order valence-corrected chi connectivity index (χ2v) is 4.78. The van der Waals surface area contributed by atoms with Crippen molar-refractivity contribution in [1.29, 1.82) is 0 Å². The Hall–Kier alpha value is -2.53. The van der Waals surface area contributed by atoms with Gasteiger partial charge in [-0.3, -0.25) is 4.79 Å². The third-order valence-electron chi connectivity index (χ3n) is 3.45. The van der Waals surface area contributed by atoms with E-state index in [-0.39, 0.29) is 22.8 Å². The molecule has 1 aliphatic rings. The molecule has 0 fully saturated rings. The number of carbonyl (C=O) groups excluding carboxylic acids is 1. The van der Waals surface area contributed by atoms with Crippen molar-refractivity contribution in [2.24, 2.45) is 0 Å². The molecule has 1 heterocycles. The van der Waals surface area contributed by atoms with Gasteiger partial charge in [-0.2, -0.15) is 0 Å². The zero-order valence-electron chi connectivity index (χ0n) is 11.3. The summed E-state index contributed by atoms with van der Waals surface area (Å²) >= 11 is 0. The summed E-state index contributed by atoms with van der Waals surface area (Å²) in [5.74, 6) is -0.167. The van der Waals surface area contributed by atoms with E-state index in [2.05, 4.69) is 0 Å². The van der Waals surface area contributed by atoms with Crippen LogP contribution >= 0.6 is 0 Å². The Morgan fingerprint density at radius 1 is 1.19 bits per heavy atom. The van der Waals surface area contributed by atoms with Crippen LogP contribution in [0.15, 0.2) is 42.5 Å². The number of hydrogen-bond acceptors (Lipinski definition) is 5. The van der Waals surface area contributed by atoms with Crippen molar-refractivity contribution in [2.75, 3.05) is 7.11 Å². The van der Waals surface area contributed by atoms with Crippen LogP contribution in [-0.2, 0) is 0 Å². The maximum Gasteiger partial charge on any atom is 0.202 e. The van der Waals surface area contributed by atoms with Crippen LogP contribution in [0.1, 0.15) is 22.0 Å². The first kappa shape index (κ1) is 13.5. The fraction of sp³-hybridized carbons (Fsp3) is 0.188. The summed E-state index contributed by atoms with van der Waals surface area (Å²) in [4.78, 5) is 12.4. The Bertz CT molecular complexity index is 681. The van der Waals surface area contributed by atoms with Gasteiger partial charge < -0.3 is 19.7 Å². The highest BCUT2D eigenvalue weighted by Crippen LogP contribution is 2.42. The average Bonchev–Trinajstić information content (AvgIpc) is 2.50. The highest BCUT2D eigenvalue weighted by molar-refractivity contribution is 6.05. The van der Waals surface area contributed by atoms with Crippen molar-refractivity contribution >= 4 is 5.78 Å². The molecule has 5 heteroatoms. The van der Waals surface area contributed by atoms with E-state index in [1.54, 1.807) is 24.3 Å². The molecule has 0 aliphatic carbocycles. The quantitative estimate of drug-likeness (QED) is 0.884. The number of ether oxygens (including phenoxy) is 2. The van der Waals surface area contributed by atoms with Gasteiger partial charge in [0.25, 0.3) is 0 Å². The molecule has 0 saturated heterocycles. The van der Waals surface area contributed by atoms with Gasteiger partial charge in [0.1, 0.15) is 22.8 Å². The predicted octanol–water partition coefficient (Wildman–Crippen LogP) is 2.08. The van der Waals surface area contributed by atoms with Gasteiger partial charge in [-0.25, -0.2) is 0 Å². The molecular weight excluding hydrogens is 272 g/mol. The molecule has 2 aromatic carbocycles. The summed E-state index contributed by atoms with van der Waals surface area (Å²) < 4.78 is 10.8. The largest absolute Gasteiger partial charge is 0.508 e. The lowest BCUT2D eigenvalue weighted by Crippen LogP contribution is -2.36. The summed E-state index contributed by atoms with van der Waals surface area (Å²) in [6, 6.07) is 11.6. The second-order valence-electron chi connectivity index (χ2n) is 4.78. The SMILES string of the molecule is COc1cc(O)cc2c1C(=O)[C@H](O)C(c1ccccc1)O2. The van der Waals surface area contributed by atoms with Crippen molar-refractivity contribution in [3.63, 3.8) is 0 Å². The van der Waals surface area contributed by atoms with Gasteiger partial charge in [0.2, 0.25) is 5.78 Å². The zero-order chi connectivity index (χ0) is 15.0. The van der Waals surface area contributed by atoms with E-state index < -0.39 is 18.0 Å². The third-order valence-corrected chi connectivity index (χ3v) is 3.45. The summed E-state index contributed by atoms with van der Waals surface area (Å²) in [5.41, 5.74) is 0.835. The summed E-state index contributed by atoms with van der Waals surface area (Å²) in [5, 5.41) is 19.9. The number of benzene rings is 2. The number of hydrogen-bond donors (Lipinski definition) is 2. The molecule has 2 N–H and O–H groups in total. The Balaban J connectivity index is 2.10. The lowest BCUT2D eigenvalue weighted by Gasteiger charge is -2.30. The Morgan fingerprint density at radius 2 is 1.90 bits per heavy atom. The Labute approximate surface area is 121 Å². The highest BCUT2D eigenvalue weighted by Gasteiger charge is 2.39. The molecule has 0 amide bonds.